The summed E-state index contributed by atoms with van der Waals surface area (Å²) in [6, 6.07) is 8.07. The van der Waals surface area contributed by atoms with Crippen LogP contribution in [0.3, 0.4) is 0 Å². The van der Waals surface area contributed by atoms with Crippen molar-refractivity contribution in [3.05, 3.63) is 51.6 Å². The Bertz CT molecular complexity index is 923. The molecule has 0 unspecified atom stereocenters. The van der Waals surface area contributed by atoms with Gasteiger partial charge < -0.3 is 19.7 Å². The molecule has 2 aromatic rings. The molecule has 2 aromatic carbocycles. The van der Waals surface area contributed by atoms with Gasteiger partial charge in [0.25, 0.3) is 11.6 Å². The Morgan fingerprint density at radius 1 is 1.07 bits per heavy atom. The highest BCUT2D eigenvalue weighted by Crippen LogP contribution is 2.34. The van der Waals surface area contributed by atoms with Crippen molar-refractivity contribution in [2.24, 2.45) is 0 Å². The number of methoxy groups -OCH3 is 2. The lowest BCUT2D eigenvalue weighted by Gasteiger charge is -2.28. The Morgan fingerprint density at radius 2 is 1.72 bits per heavy atom. The summed E-state index contributed by atoms with van der Waals surface area (Å²) in [5.41, 5.74) is 2.08. The smallest absolute Gasteiger partial charge is 0.293 e. The van der Waals surface area contributed by atoms with Crippen molar-refractivity contribution >= 4 is 23.0 Å². The van der Waals surface area contributed by atoms with Gasteiger partial charge in [-0.05, 0) is 49.9 Å². The summed E-state index contributed by atoms with van der Waals surface area (Å²) in [6.07, 6.45) is 3.16. The van der Waals surface area contributed by atoms with E-state index in [1.54, 1.807) is 31.4 Å². The fraction of sp³-hybridized carbons (Fsp3) is 0.381. The minimum Gasteiger partial charge on any atom is -0.493 e. The number of aryl methyl sites for hydroxylation is 1. The molecule has 0 aliphatic carbocycles. The number of nitro groups is 1. The quantitative estimate of drug-likeness (QED) is 0.579. The van der Waals surface area contributed by atoms with Crippen LogP contribution in [0.1, 0.15) is 35.2 Å². The van der Waals surface area contributed by atoms with Gasteiger partial charge in [0.1, 0.15) is 5.69 Å². The number of hydrogen-bond acceptors (Lipinski definition) is 6. The average molecular weight is 399 g/mol. The number of benzene rings is 2. The molecule has 1 aliphatic heterocycles. The van der Waals surface area contributed by atoms with Gasteiger partial charge in [-0.3, -0.25) is 14.9 Å². The second-order valence-corrected chi connectivity index (χ2v) is 6.98. The van der Waals surface area contributed by atoms with E-state index in [0.29, 0.717) is 22.9 Å². The van der Waals surface area contributed by atoms with Crippen LogP contribution in [0.15, 0.2) is 30.3 Å². The zero-order valence-corrected chi connectivity index (χ0v) is 16.9. The topological polar surface area (TPSA) is 93.9 Å². The number of rotatable bonds is 6. The van der Waals surface area contributed by atoms with E-state index in [9.17, 15) is 14.9 Å². The number of hydrogen-bond donors (Lipinski definition) is 1. The Kier molecular flexibility index (Phi) is 6.21. The molecule has 0 aromatic heterocycles. The second kappa shape index (κ2) is 8.81. The van der Waals surface area contributed by atoms with Gasteiger partial charge >= 0.3 is 0 Å². The Labute approximate surface area is 169 Å². The first kappa shape index (κ1) is 20.4. The van der Waals surface area contributed by atoms with Gasteiger partial charge in [-0.2, -0.15) is 0 Å². The number of carbonyl (C=O) groups is 1. The molecule has 8 heteroatoms. The highest BCUT2D eigenvalue weighted by atomic mass is 16.6. The number of nitrogens with zero attached hydrogens (tertiary/aromatic N) is 2. The molecule has 0 radical (unpaired) electrons. The Balaban J connectivity index is 1.88. The number of ether oxygens (including phenoxy) is 2. The summed E-state index contributed by atoms with van der Waals surface area (Å²) in [4.78, 5) is 26.0. The molecule has 0 saturated carbocycles. The van der Waals surface area contributed by atoms with Gasteiger partial charge in [0, 0.05) is 36.5 Å². The van der Waals surface area contributed by atoms with Crippen LogP contribution in [0, 0.1) is 17.0 Å². The molecular weight excluding hydrogens is 374 g/mol. The third kappa shape index (κ3) is 4.42. The summed E-state index contributed by atoms with van der Waals surface area (Å²) >= 11 is 0. The lowest BCUT2D eigenvalue weighted by Crippen LogP contribution is -2.30. The second-order valence-electron chi connectivity index (χ2n) is 6.98. The number of nitro benzene ring substituents is 1. The highest BCUT2D eigenvalue weighted by Gasteiger charge is 2.23. The minimum absolute atomic E-state index is 0.0522. The first-order valence-corrected chi connectivity index (χ1v) is 9.52. The van der Waals surface area contributed by atoms with Gasteiger partial charge in [-0.1, -0.05) is 0 Å². The first-order valence-electron chi connectivity index (χ1n) is 9.52. The Morgan fingerprint density at radius 3 is 2.34 bits per heavy atom. The van der Waals surface area contributed by atoms with Crippen LogP contribution in [-0.2, 0) is 0 Å². The minimum atomic E-state index is -0.428. The molecule has 29 heavy (non-hydrogen) atoms. The van der Waals surface area contributed by atoms with Crippen molar-refractivity contribution in [3.8, 4) is 11.5 Å². The van der Waals surface area contributed by atoms with E-state index in [2.05, 4.69) is 5.32 Å². The monoisotopic (exact) mass is 399 g/mol. The molecule has 1 fully saturated rings. The molecule has 0 spiro atoms. The average Bonchev–Trinajstić information content (AvgIpc) is 2.74. The molecule has 0 bridgehead atoms. The van der Waals surface area contributed by atoms with E-state index >= 15 is 0 Å². The maximum Gasteiger partial charge on any atom is 0.293 e. The van der Waals surface area contributed by atoms with Crippen LogP contribution in [0.2, 0.25) is 0 Å². The van der Waals surface area contributed by atoms with Crippen molar-refractivity contribution in [1.82, 2.24) is 0 Å². The summed E-state index contributed by atoms with van der Waals surface area (Å²) < 4.78 is 10.5. The summed E-state index contributed by atoms with van der Waals surface area (Å²) in [5, 5.41) is 14.4. The number of carbonyl (C=O) groups excluding carboxylic acids is 1. The fourth-order valence-corrected chi connectivity index (χ4v) is 3.52. The molecule has 8 nitrogen and oxygen atoms in total. The largest absolute Gasteiger partial charge is 0.493 e. The van der Waals surface area contributed by atoms with Gasteiger partial charge in [0.2, 0.25) is 0 Å². The lowest BCUT2D eigenvalue weighted by atomic mass is 10.1. The zero-order valence-electron chi connectivity index (χ0n) is 16.9. The molecule has 1 amide bonds. The molecule has 1 heterocycles. The van der Waals surface area contributed by atoms with Crippen LogP contribution < -0.4 is 19.7 Å². The number of anilines is 2. The molecule has 1 N–H and O–H groups in total. The first-order chi connectivity index (χ1) is 13.9. The number of nitrogens with one attached hydrogen (secondary N) is 1. The van der Waals surface area contributed by atoms with Crippen molar-refractivity contribution in [1.29, 1.82) is 0 Å². The van der Waals surface area contributed by atoms with Crippen molar-refractivity contribution in [2.45, 2.75) is 26.2 Å². The van der Waals surface area contributed by atoms with E-state index < -0.39 is 10.8 Å². The molecule has 154 valence electrons. The van der Waals surface area contributed by atoms with Gasteiger partial charge in [0.15, 0.2) is 11.5 Å². The van der Waals surface area contributed by atoms with Crippen LogP contribution >= 0.6 is 0 Å². The van der Waals surface area contributed by atoms with Gasteiger partial charge in [-0.25, -0.2) is 0 Å². The van der Waals surface area contributed by atoms with Gasteiger partial charge in [-0.15, -0.1) is 0 Å². The van der Waals surface area contributed by atoms with E-state index in [4.69, 9.17) is 9.47 Å². The van der Waals surface area contributed by atoms with Gasteiger partial charge in [0.05, 0.1) is 19.1 Å². The maximum absolute atomic E-state index is 12.8. The Hall–Kier alpha value is -3.29. The zero-order chi connectivity index (χ0) is 21.0. The molecule has 1 saturated heterocycles. The van der Waals surface area contributed by atoms with E-state index in [1.165, 1.54) is 13.2 Å². The molecule has 3 rings (SSSR count). The maximum atomic E-state index is 12.8. The summed E-state index contributed by atoms with van der Waals surface area (Å²) in [5.74, 6) is 0.623. The molecule has 1 aliphatic rings. The van der Waals surface area contributed by atoms with Crippen LogP contribution in [-0.4, -0.2) is 38.1 Å². The van der Waals surface area contributed by atoms with Crippen molar-refractivity contribution < 1.29 is 19.2 Å². The fourth-order valence-electron chi connectivity index (χ4n) is 3.52. The van der Waals surface area contributed by atoms with Crippen molar-refractivity contribution in [3.63, 3.8) is 0 Å². The number of amides is 1. The molecular formula is C21H25N3O5. The molecule has 0 atom stereocenters. The van der Waals surface area contributed by atoms with E-state index in [1.807, 2.05) is 11.8 Å². The summed E-state index contributed by atoms with van der Waals surface area (Å²) in [7, 11) is 3.06. The number of piperidine rings is 1. The van der Waals surface area contributed by atoms with Crippen molar-refractivity contribution in [2.75, 3.05) is 37.5 Å². The van der Waals surface area contributed by atoms with Crippen LogP contribution in [0.25, 0.3) is 0 Å². The standard InChI is InChI=1S/C21H25N3O5/c1-14-11-19(28-2)20(29-3)13-16(14)22-21(25)15-7-8-17(18(12-15)24(26)27)23-9-5-4-6-10-23/h7-8,11-13H,4-6,9-10H2,1-3H3,(H,22,25). The van der Waals surface area contributed by atoms with E-state index in [0.717, 1.165) is 37.9 Å². The van der Waals surface area contributed by atoms with Crippen LogP contribution in [0.5, 0.6) is 11.5 Å². The van der Waals surface area contributed by atoms with E-state index in [-0.39, 0.29) is 11.3 Å². The van der Waals surface area contributed by atoms with Crippen LogP contribution in [0.4, 0.5) is 17.1 Å². The third-order valence-corrected chi connectivity index (χ3v) is 5.11. The predicted octanol–water partition coefficient (Wildman–Crippen LogP) is 4.16. The summed E-state index contributed by atoms with van der Waals surface area (Å²) in [6.45, 7) is 3.41. The highest BCUT2D eigenvalue weighted by molar-refractivity contribution is 6.05. The third-order valence-electron chi connectivity index (χ3n) is 5.11. The predicted molar refractivity (Wildman–Crippen MR) is 111 cm³/mol. The SMILES string of the molecule is COc1cc(C)c(NC(=O)c2ccc(N3CCCCC3)c([N+](=O)[O-])c2)cc1OC. The lowest BCUT2D eigenvalue weighted by molar-refractivity contribution is -0.384. The normalized spacial score (nSPS) is 13.7.